The third kappa shape index (κ3) is 11.4. The summed E-state index contributed by atoms with van der Waals surface area (Å²) in [6.07, 6.45) is 6.28. The Kier molecular flexibility index (Phi) is 12.7. The summed E-state index contributed by atoms with van der Waals surface area (Å²) >= 11 is 0. The number of hydrogen-bond donors (Lipinski definition) is 2. The van der Waals surface area contributed by atoms with Crippen molar-refractivity contribution in [2.75, 3.05) is 73.6 Å². The number of likely N-dealkylation sites (N-methyl/N-ethyl adjacent to an activating group) is 1. The number of guanidine groups is 1. The van der Waals surface area contributed by atoms with Gasteiger partial charge in [0.05, 0.1) is 0 Å². The molecule has 0 radical (unpaired) electrons. The summed E-state index contributed by atoms with van der Waals surface area (Å²) in [5.74, 6) is 1.84. The van der Waals surface area contributed by atoms with E-state index in [0.29, 0.717) is 0 Å². The van der Waals surface area contributed by atoms with Crippen LogP contribution < -0.4 is 10.6 Å². The lowest BCUT2D eigenvalue weighted by Crippen LogP contribution is -2.41. The summed E-state index contributed by atoms with van der Waals surface area (Å²) in [7, 11) is 5.74. The molecular formula is C19H41N5O. The zero-order valence-electron chi connectivity index (χ0n) is 17.0. The Balaban J connectivity index is 1.99. The fourth-order valence-electron chi connectivity index (χ4n) is 3.13. The van der Waals surface area contributed by atoms with Gasteiger partial charge in [0, 0.05) is 46.9 Å². The van der Waals surface area contributed by atoms with Gasteiger partial charge in [-0.15, -0.1) is 0 Å². The molecule has 1 aliphatic rings. The standard InChI is InChI=1S/C19H41N5O/c1-18-8-14-24(15-9-18)13-6-5-10-21-19(20-2)22-11-16-23(3)12-7-17-25-4/h18H,5-17H2,1-4H3,(H2,20,21,22). The van der Waals surface area contributed by atoms with Gasteiger partial charge in [-0.1, -0.05) is 6.92 Å². The molecule has 1 heterocycles. The van der Waals surface area contributed by atoms with Gasteiger partial charge < -0.3 is 25.2 Å². The highest BCUT2D eigenvalue weighted by Gasteiger charge is 2.14. The molecule has 0 aliphatic carbocycles. The van der Waals surface area contributed by atoms with E-state index < -0.39 is 0 Å². The zero-order valence-corrected chi connectivity index (χ0v) is 17.0. The Morgan fingerprint density at radius 2 is 1.84 bits per heavy atom. The van der Waals surface area contributed by atoms with Gasteiger partial charge in [0.1, 0.15) is 0 Å². The Morgan fingerprint density at radius 3 is 2.52 bits per heavy atom. The van der Waals surface area contributed by atoms with Crippen LogP contribution in [0.2, 0.25) is 0 Å². The number of hydrogen-bond acceptors (Lipinski definition) is 4. The fraction of sp³-hybridized carbons (Fsp3) is 0.947. The molecule has 0 aromatic heterocycles. The monoisotopic (exact) mass is 355 g/mol. The Morgan fingerprint density at radius 1 is 1.12 bits per heavy atom. The van der Waals surface area contributed by atoms with E-state index in [1.54, 1.807) is 7.11 Å². The number of nitrogens with one attached hydrogen (secondary N) is 2. The van der Waals surface area contributed by atoms with Crippen LogP contribution in [0, 0.1) is 5.92 Å². The second-order valence-electron chi connectivity index (χ2n) is 7.31. The van der Waals surface area contributed by atoms with Gasteiger partial charge >= 0.3 is 0 Å². The van der Waals surface area contributed by atoms with Crippen molar-refractivity contribution in [3.8, 4) is 0 Å². The highest BCUT2D eigenvalue weighted by Crippen LogP contribution is 2.15. The number of methoxy groups -OCH3 is 1. The quantitative estimate of drug-likeness (QED) is 0.317. The number of likely N-dealkylation sites (tertiary alicyclic amines) is 1. The molecule has 0 spiro atoms. The molecule has 2 N–H and O–H groups in total. The number of nitrogens with zero attached hydrogens (tertiary/aromatic N) is 3. The van der Waals surface area contributed by atoms with E-state index >= 15 is 0 Å². The molecule has 1 saturated heterocycles. The predicted octanol–water partition coefficient (Wildman–Crippen LogP) is 1.63. The highest BCUT2D eigenvalue weighted by molar-refractivity contribution is 5.79. The van der Waals surface area contributed by atoms with Crippen LogP contribution in [-0.4, -0.2) is 89.4 Å². The molecular weight excluding hydrogens is 314 g/mol. The van der Waals surface area contributed by atoms with Gasteiger partial charge in [0.15, 0.2) is 5.96 Å². The Labute approximate surface area is 155 Å². The molecule has 25 heavy (non-hydrogen) atoms. The lowest BCUT2D eigenvalue weighted by atomic mass is 9.99. The first-order valence-electron chi connectivity index (χ1n) is 10.00. The van der Waals surface area contributed by atoms with Crippen LogP contribution in [0.5, 0.6) is 0 Å². The third-order valence-electron chi connectivity index (χ3n) is 4.97. The fourth-order valence-corrected chi connectivity index (χ4v) is 3.13. The van der Waals surface area contributed by atoms with Crippen molar-refractivity contribution >= 4 is 5.96 Å². The lowest BCUT2D eigenvalue weighted by molar-refractivity contribution is 0.180. The zero-order chi connectivity index (χ0) is 18.3. The van der Waals surface area contributed by atoms with Gasteiger partial charge in [-0.25, -0.2) is 0 Å². The molecule has 0 aromatic carbocycles. The van der Waals surface area contributed by atoms with E-state index in [-0.39, 0.29) is 0 Å². The topological polar surface area (TPSA) is 52.1 Å². The number of aliphatic imine (C=N–C) groups is 1. The van der Waals surface area contributed by atoms with E-state index in [1.165, 1.54) is 45.3 Å². The summed E-state index contributed by atoms with van der Waals surface area (Å²) < 4.78 is 5.09. The summed E-state index contributed by atoms with van der Waals surface area (Å²) in [5, 5.41) is 6.81. The van der Waals surface area contributed by atoms with Gasteiger partial charge in [-0.05, 0) is 64.7 Å². The Bertz CT molecular complexity index is 343. The average Bonchev–Trinajstić information content (AvgIpc) is 2.61. The van der Waals surface area contributed by atoms with Gasteiger partial charge in [0.2, 0.25) is 0 Å². The molecule has 6 heteroatoms. The maximum absolute atomic E-state index is 5.09. The average molecular weight is 356 g/mol. The van der Waals surface area contributed by atoms with Crippen LogP contribution in [-0.2, 0) is 4.74 Å². The molecule has 0 amide bonds. The largest absolute Gasteiger partial charge is 0.385 e. The summed E-state index contributed by atoms with van der Waals surface area (Å²) in [6, 6.07) is 0. The normalized spacial score (nSPS) is 17.2. The van der Waals surface area contributed by atoms with Crippen molar-refractivity contribution in [3.63, 3.8) is 0 Å². The summed E-state index contributed by atoms with van der Waals surface area (Å²) in [6.45, 7) is 11.0. The minimum absolute atomic E-state index is 0.831. The van der Waals surface area contributed by atoms with Crippen molar-refractivity contribution in [2.45, 2.75) is 39.0 Å². The number of unbranched alkanes of at least 4 members (excludes halogenated alkanes) is 1. The number of rotatable bonds is 12. The molecule has 0 bridgehead atoms. The highest BCUT2D eigenvalue weighted by atomic mass is 16.5. The predicted molar refractivity (Wildman–Crippen MR) is 107 cm³/mol. The minimum atomic E-state index is 0.831. The van der Waals surface area contributed by atoms with Crippen LogP contribution in [0.3, 0.4) is 0 Å². The first kappa shape index (κ1) is 22.2. The molecule has 0 unspecified atom stereocenters. The maximum Gasteiger partial charge on any atom is 0.191 e. The van der Waals surface area contributed by atoms with Crippen molar-refractivity contribution < 1.29 is 4.74 Å². The summed E-state index contributed by atoms with van der Waals surface area (Å²) in [5.41, 5.74) is 0. The second kappa shape index (κ2) is 14.3. The molecule has 0 aromatic rings. The van der Waals surface area contributed by atoms with E-state index in [2.05, 4.69) is 39.4 Å². The van der Waals surface area contributed by atoms with E-state index in [4.69, 9.17) is 4.74 Å². The van der Waals surface area contributed by atoms with Crippen molar-refractivity contribution in [2.24, 2.45) is 10.9 Å². The maximum atomic E-state index is 5.09. The first-order chi connectivity index (χ1) is 12.2. The van der Waals surface area contributed by atoms with Crippen molar-refractivity contribution in [1.82, 2.24) is 20.4 Å². The number of ether oxygens (including phenoxy) is 1. The molecule has 6 nitrogen and oxygen atoms in total. The van der Waals surface area contributed by atoms with E-state index in [1.807, 2.05) is 7.05 Å². The SMILES string of the molecule is CN=C(NCCCCN1CCC(C)CC1)NCCN(C)CCCOC. The minimum Gasteiger partial charge on any atom is -0.385 e. The van der Waals surface area contributed by atoms with Crippen molar-refractivity contribution in [1.29, 1.82) is 0 Å². The summed E-state index contributed by atoms with van der Waals surface area (Å²) in [4.78, 5) is 9.24. The molecule has 148 valence electrons. The van der Waals surface area contributed by atoms with Crippen LogP contribution >= 0.6 is 0 Å². The van der Waals surface area contributed by atoms with Gasteiger partial charge in [-0.3, -0.25) is 4.99 Å². The van der Waals surface area contributed by atoms with Gasteiger partial charge in [-0.2, -0.15) is 0 Å². The number of piperidine rings is 1. The lowest BCUT2D eigenvalue weighted by Gasteiger charge is -2.30. The van der Waals surface area contributed by atoms with Crippen LogP contribution in [0.25, 0.3) is 0 Å². The van der Waals surface area contributed by atoms with E-state index in [9.17, 15) is 0 Å². The van der Waals surface area contributed by atoms with Crippen LogP contribution in [0.4, 0.5) is 0 Å². The molecule has 1 rings (SSSR count). The van der Waals surface area contributed by atoms with Crippen LogP contribution in [0.1, 0.15) is 39.0 Å². The molecule has 0 atom stereocenters. The van der Waals surface area contributed by atoms with Crippen LogP contribution in [0.15, 0.2) is 4.99 Å². The second-order valence-corrected chi connectivity index (χ2v) is 7.31. The molecule has 1 aliphatic heterocycles. The van der Waals surface area contributed by atoms with E-state index in [0.717, 1.165) is 51.1 Å². The van der Waals surface area contributed by atoms with Gasteiger partial charge in [0.25, 0.3) is 0 Å². The smallest absolute Gasteiger partial charge is 0.191 e. The molecule has 0 saturated carbocycles. The van der Waals surface area contributed by atoms with Crippen molar-refractivity contribution in [3.05, 3.63) is 0 Å². The Hall–Kier alpha value is -0.850. The molecule has 1 fully saturated rings. The third-order valence-corrected chi connectivity index (χ3v) is 4.97. The first-order valence-corrected chi connectivity index (χ1v) is 10.00.